The van der Waals surface area contributed by atoms with Gasteiger partial charge in [0.25, 0.3) is 0 Å². The zero-order chi connectivity index (χ0) is 23.5. The van der Waals surface area contributed by atoms with Crippen LogP contribution in [0.25, 0.3) is 11.3 Å². The van der Waals surface area contributed by atoms with Gasteiger partial charge in [0.05, 0.1) is 16.2 Å². The molecule has 166 valence electrons. The lowest BCUT2D eigenvalue weighted by atomic mass is 10.1. The molecule has 2 N–H and O–H groups in total. The van der Waals surface area contributed by atoms with E-state index >= 15 is 0 Å². The molecule has 0 fully saturated rings. The number of H-pyrrole nitrogens is 1. The van der Waals surface area contributed by atoms with E-state index in [1.165, 1.54) is 0 Å². The average molecular weight is 468 g/mol. The maximum Gasteiger partial charge on any atom is 0.416 e. The number of alkyl halides is 3. The third kappa shape index (κ3) is 5.43. The van der Waals surface area contributed by atoms with Crippen LogP contribution in [0.5, 0.6) is 0 Å². The van der Waals surface area contributed by atoms with Crippen LogP contribution >= 0.6 is 11.6 Å². The van der Waals surface area contributed by atoms with E-state index < -0.39 is 39.0 Å². The summed E-state index contributed by atoms with van der Waals surface area (Å²) in [5, 5.41) is 12.6. The van der Waals surface area contributed by atoms with Crippen molar-refractivity contribution in [1.82, 2.24) is 4.98 Å². The second kappa shape index (κ2) is 9.10. The number of nitrogens with zero attached hydrogens (tertiary/aromatic N) is 1. The summed E-state index contributed by atoms with van der Waals surface area (Å²) < 4.78 is 45.1. The fourth-order valence-electron chi connectivity index (χ4n) is 2.74. The van der Waals surface area contributed by atoms with Crippen LogP contribution in [0.1, 0.15) is 11.1 Å². The fraction of sp³-hybridized carbons (Fsp3) is 0.100. The highest BCUT2D eigenvalue weighted by molar-refractivity contribution is 6.32. The zero-order valence-corrected chi connectivity index (χ0v) is 16.7. The highest BCUT2D eigenvalue weighted by atomic mass is 35.5. The SMILES string of the molecule is O=C(Nc1cc(-c2cc(Cl)c([N+](=O)[O-])c(=O)[nH]2)cc(C(F)(F)F)c1)OCc1ccccc1. The predicted molar refractivity (Wildman–Crippen MR) is 109 cm³/mol. The Morgan fingerprint density at radius 3 is 2.44 bits per heavy atom. The number of ether oxygens (including phenoxy) is 1. The molecular weight excluding hydrogens is 455 g/mol. The first-order chi connectivity index (χ1) is 15.0. The molecule has 0 unspecified atom stereocenters. The van der Waals surface area contributed by atoms with Crippen molar-refractivity contribution in [3.05, 3.63) is 91.2 Å². The minimum absolute atomic E-state index is 0.107. The number of hydrogen-bond acceptors (Lipinski definition) is 5. The van der Waals surface area contributed by atoms with Crippen molar-refractivity contribution in [1.29, 1.82) is 0 Å². The van der Waals surface area contributed by atoms with Crippen LogP contribution in [0.2, 0.25) is 5.02 Å². The number of amides is 1. The Balaban J connectivity index is 1.93. The molecule has 0 aliphatic heterocycles. The predicted octanol–water partition coefficient (Wildman–Crippen LogP) is 5.37. The number of aromatic amines is 1. The van der Waals surface area contributed by atoms with E-state index in [2.05, 4.69) is 10.3 Å². The van der Waals surface area contributed by atoms with Gasteiger partial charge in [0.2, 0.25) is 0 Å². The quantitative estimate of drug-likeness (QED) is 0.386. The van der Waals surface area contributed by atoms with E-state index in [1.807, 2.05) is 0 Å². The lowest BCUT2D eigenvalue weighted by Gasteiger charge is -2.13. The number of benzene rings is 2. The Morgan fingerprint density at radius 2 is 1.84 bits per heavy atom. The lowest BCUT2D eigenvalue weighted by Crippen LogP contribution is -2.15. The number of aromatic nitrogens is 1. The molecule has 1 heterocycles. The second-order valence-electron chi connectivity index (χ2n) is 6.45. The Labute approximate surface area is 182 Å². The topological polar surface area (TPSA) is 114 Å². The summed E-state index contributed by atoms with van der Waals surface area (Å²) in [6.45, 7) is -0.107. The Bertz CT molecular complexity index is 1230. The zero-order valence-electron chi connectivity index (χ0n) is 15.9. The summed E-state index contributed by atoms with van der Waals surface area (Å²) in [6.07, 6.45) is -5.79. The van der Waals surface area contributed by atoms with E-state index in [1.54, 1.807) is 30.3 Å². The molecule has 12 heteroatoms. The molecule has 1 amide bonds. The van der Waals surface area contributed by atoms with Crippen molar-refractivity contribution in [3.63, 3.8) is 0 Å². The highest BCUT2D eigenvalue weighted by Crippen LogP contribution is 2.35. The molecule has 0 atom stereocenters. The van der Waals surface area contributed by atoms with Crippen LogP contribution in [0.15, 0.2) is 59.4 Å². The molecule has 3 rings (SSSR count). The standard InChI is InChI=1S/C20H13ClF3N3O5/c21-15-9-16(26-18(28)17(15)27(30)31)12-6-13(20(22,23)24)8-14(7-12)25-19(29)32-10-11-4-2-1-3-5-11/h1-9H,10H2,(H,25,29)(H,26,28). The summed E-state index contributed by atoms with van der Waals surface area (Å²) in [5.74, 6) is 0. The summed E-state index contributed by atoms with van der Waals surface area (Å²) >= 11 is 5.76. The fourth-order valence-corrected chi connectivity index (χ4v) is 3.01. The number of pyridine rings is 1. The summed E-state index contributed by atoms with van der Waals surface area (Å²) in [4.78, 5) is 36.0. The second-order valence-corrected chi connectivity index (χ2v) is 6.86. The third-order valence-corrected chi connectivity index (χ3v) is 4.46. The molecule has 0 radical (unpaired) electrons. The first-order valence-corrected chi connectivity index (χ1v) is 9.20. The normalized spacial score (nSPS) is 11.1. The van der Waals surface area contributed by atoms with Crippen molar-refractivity contribution in [3.8, 4) is 11.3 Å². The van der Waals surface area contributed by atoms with Gasteiger partial charge < -0.3 is 9.72 Å². The van der Waals surface area contributed by atoms with E-state index in [9.17, 15) is 32.9 Å². The van der Waals surface area contributed by atoms with Crippen LogP contribution in [0.4, 0.5) is 29.3 Å². The Hall–Kier alpha value is -3.86. The first kappa shape index (κ1) is 22.8. The van der Waals surface area contributed by atoms with Crippen molar-refractivity contribution >= 4 is 29.1 Å². The minimum atomic E-state index is -4.79. The summed E-state index contributed by atoms with van der Waals surface area (Å²) in [5.41, 5.74) is -3.27. The molecule has 0 saturated carbocycles. The highest BCUT2D eigenvalue weighted by Gasteiger charge is 2.32. The monoisotopic (exact) mass is 467 g/mol. The minimum Gasteiger partial charge on any atom is -0.444 e. The van der Waals surface area contributed by atoms with E-state index in [0.717, 1.165) is 12.1 Å². The maximum absolute atomic E-state index is 13.4. The van der Waals surface area contributed by atoms with E-state index in [0.29, 0.717) is 17.7 Å². The number of carbonyl (C=O) groups is 1. The van der Waals surface area contributed by atoms with Gasteiger partial charge in [-0.1, -0.05) is 41.9 Å². The van der Waals surface area contributed by atoms with Crippen molar-refractivity contribution in [2.45, 2.75) is 12.8 Å². The van der Waals surface area contributed by atoms with Gasteiger partial charge in [0.1, 0.15) is 11.6 Å². The van der Waals surface area contributed by atoms with Gasteiger partial charge in [-0.2, -0.15) is 13.2 Å². The van der Waals surface area contributed by atoms with Gasteiger partial charge >= 0.3 is 23.5 Å². The van der Waals surface area contributed by atoms with Gasteiger partial charge in [-0.25, -0.2) is 4.79 Å². The van der Waals surface area contributed by atoms with Gasteiger partial charge in [0.15, 0.2) is 0 Å². The molecular formula is C20H13ClF3N3O5. The Morgan fingerprint density at radius 1 is 1.16 bits per heavy atom. The maximum atomic E-state index is 13.4. The summed E-state index contributed by atoms with van der Waals surface area (Å²) in [6, 6.07) is 12.1. The largest absolute Gasteiger partial charge is 0.444 e. The van der Waals surface area contributed by atoms with Gasteiger partial charge in [-0.05, 0) is 29.8 Å². The van der Waals surface area contributed by atoms with Crippen LogP contribution in [0, 0.1) is 10.1 Å². The molecule has 0 aliphatic rings. The first-order valence-electron chi connectivity index (χ1n) is 8.82. The number of halogens is 4. The van der Waals surface area contributed by atoms with Crippen LogP contribution < -0.4 is 10.9 Å². The molecule has 1 aromatic heterocycles. The molecule has 0 bridgehead atoms. The van der Waals surface area contributed by atoms with Gasteiger partial charge in [-0.3, -0.25) is 20.2 Å². The molecule has 8 nitrogen and oxygen atoms in total. The van der Waals surface area contributed by atoms with Crippen LogP contribution in [0.3, 0.4) is 0 Å². The third-order valence-electron chi connectivity index (χ3n) is 4.17. The molecule has 0 aliphatic carbocycles. The van der Waals surface area contributed by atoms with Crippen molar-refractivity contribution in [2.24, 2.45) is 0 Å². The Kier molecular flexibility index (Phi) is 6.49. The van der Waals surface area contributed by atoms with E-state index in [4.69, 9.17) is 16.3 Å². The lowest BCUT2D eigenvalue weighted by molar-refractivity contribution is -0.386. The van der Waals surface area contributed by atoms with Crippen molar-refractivity contribution in [2.75, 3.05) is 5.32 Å². The van der Waals surface area contributed by atoms with Gasteiger partial charge in [0, 0.05) is 11.3 Å². The molecule has 2 aromatic carbocycles. The average Bonchev–Trinajstić information content (AvgIpc) is 2.71. The van der Waals surface area contributed by atoms with Crippen LogP contribution in [-0.4, -0.2) is 16.0 Å². The number of rotatable bonds is 5. The number of hydrogen-bond donors (Lipinski definition) is 2. The smallest absolute Gasteiger partial charge is 0.416 e. The molecule has 0 saturated heterocycles. The number of nitro groups is 1. The van der Waals surface area contributed by atoms with Crippen LogP contribution in [-0.2, 0) is 17.5 Å². The molecule has 0 spiro atoms. The number of carbonyl (C=O) groups excluding carboxylic acids is 1. The van der Waals surface area contributed by atoms with E-state index in [-0.39, 0.29) is 23.6 Å². The molecule has 3 aromatic rings. The molecule has 32 heavy (non-hydrogen) atoms. The number of nitrogens with one attached hydrogen (secondary N) is 2. The number of anilines is 1. The van der Waals surface area contributed by atoms with Gasteiger partial charge in [-0.15, -0.1) is 0 Å². The summed E-state index contributed by atoms with van der Waals surface area (Å²) in [7, 11) is 0. The van der Waals surface area contributed by atoms with Crippen molar-refractivity contribution < 1.29 is 27.6 Å².